The number of aromatic nitrogens is 3. The molecule has 0 amide bonds. The van der Waals surface area contributed by atoms with Gasteiger partial charge in [0, 0.05) is 48.7 Å². The van der Waals surface area contributed by atoms with Crippen LogP contribution in [0.4, 0.5) is 0 Å². The van der Waals surface area contributed by atoms with Crippen molar-refractivity contribution in [1.29, 1.82) is 0 Å². The van der Waals surface area contributed by atoms with E-state index in [0.29, 0.717) is 17.5 Å². The summed E-state index contributed by atoms with van der Waals surface area (Å²) in [5, 5.41) is 2.51. The lowest BCUT2D eigenvalue weighted by atomic mass is 9.75. The van der Waals surface area contributed by atoms with Crippen LogP contribution in [0.5, 0.6) is 11.5 Å². The van der Waals surface area contributed by atoms with E-state index in [1.54, 1.807) is 11.3 Å². The summed E-state index contributed by atoms with van der Waals surface area (Å²) in [6.45, 7) is 4.55. The fourth-order valence-corrected chi connectivity index (χ4v) is 7.84. The second-order valence-electron chi connectivity index (χ2n) is 12.5. The molecule has 5 heteroatoms. The van der Waals surface area contributed by atoms with Crippen LogP contribution in [0.1, 0.15) is 25.0 Å². The summed E-state index contributed by atoms with van der Waals surface area (Å²) in [4.78, 5) is 15.0. The molecule has 0 unspecified atom stereocenters. The summed E-state index contributed by atoms with van der Waals surface area (Å²) in [5.41, 5.74) is 7.13. The molecule has 3 heterocycles. The molecule has 1 aliphatic rings. The van der Waals surface area contributed by atoms with Crippen LogP contribution >= 0.6 is 11.3 Å². The number of rotatable bonds is 4. The Labute approximate surface area is 277 Å². The van der Waals surface area contributed by atoms with Gasteiger partial charge in [-0.2, -0.15) is 0 Å². The smallest absolute Gasteiger partial charge is 0.164 e. The minimum absolute atomic E-state index is 0.297. The van der Waals surface area contributed by atoms with Crippen molar-refractivity contribution in [3.8, 4) is 56.8 Å². The molecule has 0 radical (unpaired) electrons. The number of hydrogen-bond donors (Lipinski definition) is 0. The zero-order valence-electron chi connectivity index (χ0n) is 25.9. The number of ether oxygens (including phenoxy) is 1. The van der Waals surface area contributed by atoms with E-state index in [4.69, 9.17) is 19.7 Å². The summed E-state index contributed by atoms with van der Waals surface area (Å²) in [6, 6.07) is 48.3. The van der Waals surface area contributed by atoms with Crippen molar-refractivity contribution in [3.05, 3.63) is 151 Å². The third-order valence-corrected chi connectivity index (χ3v) is 10.4. The van der Waals surface area contributed by atoms with Crippen molar-refractivity contribution >= 4 is 31.5 Å². The van der Waals surface area contributed by atoms with Crippen LogP contribution in [-0.4, -0.2) is 15.0 Å². The molecule has 1 aliphatic heterocycles. The van der Waals surface area contributed by atoms with E-state index in [2.05, 4.69) is 117 Å². The highest BCUT2D eigenvalue weighted by Crippen LogP contribution is 2.53. The highest BCUT2D eigenvalue weighted by molar-refractivity contribution is 7.26. The highest BCUT2D eigenvalue weighted by atomic mass is 32.1. The molecule has 0 spiro atoms. The summed E-state index contributed by atoms with van der Waals surface area (Å²) in [5.74, 6) is 3.74. The van der Waals surface area contributed by atoms with Gasteiger partial charge in [0.1, 0.15) is 11.5 Å². The number of hydrogen-bond acceptors (Lipinski definition) is 5. The predicted octanol–water partition coefficient (Wildman–Crippen LogP) is 11.3. The van der Waals surface area contributed by atoms with Gasteiger partial charge in [-0.3, -0.25) is 0 Å². The van der Waals surface area contributed by atoms with E-state index >= 15 is 0 Å². The van der Waals surface area contributed by atoms with Crippen LogP contribution in [0.25, 0.3) is 65.5 Å². The Kier molecular flexibility index (Phi) is 6.30. The second kappa shape index (κ2) is 10.7. The Hall–Kier alpha value is -5.65. The van der Waals surface area contributed by atoms with Crippen molar-refractivity contribution in [2.24, 2.45) is 0 Å². The first-order chi connectivity index (χ1) is 23.0. The molecule has 0 bridgehead atoms. The number of nitrogens with zero attached hydrogens (tertiary/aromatic N) is 3. The average molecular weight is 624 g/mol. The fourth-order valence-electron chi connectivity index (χ4n) is 6.65. The van der Waals surface area contributed by atoms with Crippen LogP contribution in [0.15, 0.2) is 140 Å². The van der Waals surface area contributed by atoms with Gasteiger partial charge < -0.3 is 4.74 Å². The van der Waals surface area contributed by atoms with Crippen molar-refractivity contribution in [2.75, 3.05) is 0 Å². The molecular weight excluding hydrogens is 595 g/mol. The Morgan fingerprint density at radius 3 is 1.77 bits per heavy atom. The Morgan fingerprint density at radius 2 is 1.04 bits per heavy atom. The van der Waals surface area contributed by atoms with Gasteiger partial charge >= 0.3 is 0 Å². The molecule has 0 aliphatic carbocycles. The lowest BCUT2D eigenvalue weighted by molar-refractivity contribution is 0.424. The molecule has 0 saturated carbocycles. The van der Waals surface area contributed by atoms with E-state index in [1.807, 2.05) is 36.4 Å². The lowest BCUT2D eigenvalue weighted by Crippen LogP contribution is -2.24. The van der Waals surface area contributed by atoms with Crippen molar-refractivity contribution in [2.45, 2.75) is 19.3 Å². The monoisotopic (exact) mass is 623 g/mol. The van der Waals surface area contributed by atoms with E-state index in [9.17, 15) is 0 Å². The van der Waals surface area contributed by atoms with Crippen LogP contribution in [-0.2, 0) is 5.41 Å². The third kappa shape index (κ3) is 4.62. The normalized spacial score (nSPS) is 13.2. The number of thiophene rings is 1. The maximum Gasteiger partial charge on any atom is 0.164 e. The van der Waals surface area contributed by atoms with Crippen molar-refractivity contribution < 1.29 is 4.74 Å². The van der Waals surface area contributed by atoms with Crippen molar-refractivity contribution in [1.82, 2.24) is 15.0 Å². The van der Waals surface area contributed by atoms with Gasteiger partial charge in [-0.1, -0.05) is 129 Å². The predicted molar refractivity (Wildman–Crippen MR) is 193 cm³/mol. The number of fused-ring (bicyclic) bond motifs is 6. The van der Waals surface area contributed by atoms with E-state index < -0.39 is 0 Å². The third-order valence-electron chi connectivity index (χ3n) is 9.22. The van der Waals surface area contributed by atoms with Gasteiger partial charge in [-0.05, 0) is 35.4 Å². The molecule has 4 nitrogen and oxygen atoms in total. The Balaban J connectivity index is 1.15. The van der Waals surface area contributed by atoms with E-state index in [1.165, 1.54) is 31.3 Å². The van der Waals surface area contributed by atoms with Gasteiger partial charge in [-0.15, -0.1) is 11.3 Å². The molecule has 47 heavy (non-hydrogen) atoms. The Bertz CT molecular complexity index is 2450. The molecular formula is C42H29N3OS. The molecule has 9 rings (SSSR count). The molecule has 0 fully saturated rings. The quantitative estimate of drug-likeness (QED) is 0.196. The molecule has 8 aromatic rings. The van der Waals surface area contributed by atoms with Gasteiger partial charge in [0.15, 0.2) is 17.5 Å². The molecule has 0 saturated heterocycles. The summed E-state index contributed by atoms with van der Waals surface area (Å²) < 4.78 is 9.20. The molecule has 2 aromatic heterocycles. The van der Waals surface area contributed by atoms with Gasteiger partial charge in [0.2, 0.25) is 0 Å². The van der Waals surface area contributed by atoms with E-state index in [0.717, 1.165) is 39.3 Å². The van der Waals surface area contributed by atoms with Crippen LogP contribution in [0.3, 0.4) is 0 Å². The van der Waals surface area contributed by atoms with Crippen molar-refractivity contribution in [3.63, 3.8) is 0 Å². The minimum Gasteiger partial charge on any atom is -0.455 e. The van der Waals surface area contributed by atoms with Crippen LogP contribution < -0.4 is 4.74 Å². The largest absolute Gasteiger partial charge is 0.455 e. The zero-order chi connectivity index (χ0) is 31.5. The standard InChI is InChI=1S/C42H29N3OS/c1-42(2)33-23-22-32-31-15-9-10-16-36(31)47-38(32)37(33)46-35-24-21-30(25-34(35)42)41-44-39(28-13-7-4-8-14-28)43-40(45-41)29-19-17-27(18-20-29)26-11-5-3-6-12-26/h3-25H,1-2H3. The maximum atomic E-state index is 6.74. The SMILES string of the molecule is CC1(C)c2cc(-c3nc(-c4ccccc4)nc(-c4ccc(-c5ccccc5)cc4)n3)ccc2Oc2c1ccc1c2sc2ccccc21. The van der Waals surface area contributed by atoms with E-state index in [-0.39, 0.29) is 5.41 Å². The number of benzene rings is 6. The molecule has 6 aromatic carbocycles. The van der Waals surface area contributed by atoms with Crippen LogP contribution in [0.2, 0.25) is 0 Å². The van der Waals surface area contributed by atoms with Gasteiger partial charge in [0.25, 0.3) is 0 Å². The second-order valence-corrected chi connectivity index (χ2v) is 13.5. The Morgan fingerprint density at radius 1 is 0.489 bits per heavy atom. The first-order valence-electron chi connectivity index (χ1n) is 15.8. The maximum absolute atomic E-state index is 6.74. The van der Waals surface area contributed by atoms with Crippen LogP contribution in [0, 0.1) is 0 Å². The highest BCUT2D eigenvalue weighted by Gasteiger charge is 2.36. The minimum atomic E-state index is -0.297. The lowest BCUT2D eigenvalue weighted by Gasteiger charge is -2.35. The topological polar surface area (TPSA) is 47.9 Å². The average Bonchev–Trinajstić information content (AvgIpc) is 3.52. The first-order valence-corrected chi connectivity index (χ1v) is 16.6. The summed E-state index contributed by atoms with van der Waals surface area (Å²) in [7, 11) is 0. The molecule has 0 atom stereocenters. The zero-order valence-corrected chi connectivity index (χ0v) is 26.8. The van der Waals surface area contributed by atoms with Gasteiger partial charge in [0.05, 0.1) is 4.70 Å². The van der Waals surface area contributed by atoms with Gasteiger partial charge in [-0.25, -0.2) is 15.0 Å². The molecule has 224 valence electrons. The fraction of sp³-hybridized carbons (Fsp3) is 0.0714. The first kappa shape index (κ1) is 27.6. The molecule has 0 N–H and O–H groups in total. The summed E-state index contributed by atoms with van der Waals surface area (Å²) in [6.07, 6.45) is 0. The summed E-state index contributed by atoms with van der Waals surface area (Å²) >= 11 is 1.80.